The molecular formula is C19H27N3O2. The number of carbonyl (C=O) groups excluding carboxylic acids is 1. The fraction of sp³-hybridized carbons (Fsp3) is 0.526. The Hall–Kier alpha value is -1.85. The van der Waals surface area contributed by atoms with Crippen LogP contribution in [0.1, 0.15) is 17.3 Å². The van der Waals surface area contributed by atoms with Gasteiger partial charge in [-0.05, 0) is 26.1 Å². The summed E-state index contributed by atoms with van der Waals surface area (Å²) in [6, 6.07) is 8.54. The van der Waals surface area contributed by atoms with Crippen LogP contribution in [-0.2, 0) is 11.3 Å². The van der Waals surface area contributed by atoms with Gasteiger partial charge >= 0.3 is 0 Å². The van der Waals surface area contributed by atoms with Gasteiger partial charge in [0.15, 0.2) is 0 Å². The highest BCUT2D eigenvalue weighted by atomic mass is 16.5. The summed E-state index contributed by atoms with van der Waals surface area (Å²) in [5.74, 6) is 0.629. The Balaban J connectivity index is 1.90. The van der Waals surface area contributed by atoms with Crippen molar-refractivity contribution in [1.29, 1.82) is 0 Å². The number of methoxy groups -OCH3 is 1. The van der Waals surface area contributed by atoms with E-state index in [4.69, 9.17) is 4.74 Å². The number of likely N-dealkylation sites (tertiary alicyclic amines) is 1. The second-order valence-electron chi connectivity index (χ2n) is 6.96. The Labute approximate surface area is 143 Å². The molecule has 1 fully saturated rings. The Morgan fingerprint density at radius 1 is 1.29 bits per heavy atom. The second kappa shape index (κ2) is 6.95. The van der Waals surface area contributed by atoms with Crippen molar-refractivity contribution >= 4 is 16.8 Å². The zero-order chi connectivity index (χ0) is 17.3. The van der Waals surface area contributed by atoms with Gasteiger partial charge in [0, 0.05) is 49.9 Å². The van der Waals surface area contributed by atoms with Crippen molar-refractivity contribution < 1.29 is 9.53 Å². The molecule has 0 N–H and O–H groups in total. The lowest BCUT2D eigenvalue weighted by atomic mass is 10.1. The van der Waals surface area contributed by atoms with Gasteiger partial charge in [-0.2, -0.15) is 0 Å². The van der Waals surface area contributed by atoms with Crippen LogP contribution in [0.25, 0.3) is 10.9 Å². The highest BCUT2D eigenvalue weighted by Crippen LogP contribution is 2.26. The zero-order valence-electron chi connectivity index (χ0n) is 15.0. The van der Waals surface area contributed by atoms with E-state index in [-0.39, 0.29) is 5.91 Å². The van der Waals surface area contributed by atoms with Crippen LogP contribution < -0.4 is 0 Å². The number of hydrogen-bond donors (Lipinski definition) is 0. The number of nitrogens with zero attached hydrogens (tertiary/aromatic N) is 3. The standard InChI is InChI=1S/C19H27N3O2/c1-14-11-22(13-18(14)20(2)3)19(23)16-12-21(9-10-24-4)17-8-6-5-7-15(16)17/h5-8,12,14,18H,9-11,13H2,1-4H3/t14-,18-/m0/s1. The van der Waals surface area contributed by atoms with Crippen molar-refractivity contribution in [1.82, 2.24) is 14.4 Å². The van der Waals surface area contributed by atoms with Crippen LogP contribution in [0.3, 0.4) is 0 Å². The second-order valence-corrected chi connectivity index (χ2v) is 6.96. The van der Waals surface area contributed by atoms with Crippen LogP contribution in [0, 0.1) is 5.92 Å². The van der Waals surface area contributed by atoms with Crippen molar-refractivity contribution in [3.05, 3.63) is 36.0 Å². The molecule has 0 radical (unpaired) electrons. The minimum Gasteiger partial charge on any atom is -0.383 e. The smallest absolute Gasteiger partial charge is 0.256 e. The van der Waals surface area contributed by atoms with Crippen LogP contribution in [0.5, 0.6) is 0 Å². The van der Waals surface area contributed by atoms with Gasteiger partial charge in [0.25, 0.3) is 5.91 Å². The fourth-order valence-corrected chi connectivity index (χ4v) is 3.75. The molecule has 2 atom stereocenters. The monoisotopic (exact) mass is 329 g/mol. The molecule has 3 rings (SSSR count). The van der Waals surface area contributed by atoms with Crippen LogP contribution in [0.2, 0.25) is 0 Å². The molecule has 0 aliphatic carbocycles. The van der Waals surface area contributed by atoms with E-state index in [1.54, 1.807) is 7.11 Å². The summed E-state index contributed by atoms with van der Waals surface area (Å²) >= 11 is 0. The maximum absolute atomic E-state index is 13.1. The van der Waals surface area contributed by atoms with Gasteiger partial charge in [-0.3, -0.25) is 4.79 Å². The first-order chi connectivity index (χ1) is 11.5. The number of rotatable bonds is 5. The van der Waals surface area contributed by atoms with Gasteiger partial charge < -0.3 is 19.1 Å². The van der Waals surface area contributed by atoms with E-state index in [1.807, 2.05) is 29.3 Å². The molecule has 2 aromatic rings. The third-order valence-corrected chi connectivity index (χ3v) is 5.08. The lowest BCUT2D eigenvalue weighted by molar-refractivity contribution is 0.0783. The predicted octanol–water partition coefficient (Wildman–Crippen LogP) is 2.31. The Morgan fingerprint density at radius 3 is 2.71 bits per heavy atom. The molecule has 1 aliphatic rings. The molecule has 5 nitrogen and oxygen atoms in total. The zero-order valence-corrected chi connectivity index (χ0v) is 15.0. The van der Waals surface area contributed by atoms with Crippen molar-refractivity contribution in [2.24, 2.45) is 5.92 Å². The van der Waals surface area contributed by atoms with E-state index >= 15 is 0 Å². The lowest BCUT2D eigenvalue weighted by Crippen LogP contribution is -2.35. The number of ether oxygens (including phenoxy) is 1. The first-order valence-corrected chi connectivity index (χ1v) is 8.55. The van der Waals surface area contributed by atoms with Gasteiger partial charge in [0.2, 0.25) is 0 Å². The number of para-hydroxylation sites is 1. The third-order valence-electron chi connectivity index (χ3n) is 5.08. The molecule has 24 heavy (non-hydrogen) atoms. The highest BCUT2D eigenvalue weighted by Gasteiger charge is 2.34. The highest BCUT2D eigenvalue weighted by molar-refractivity contribution is 6.07. The van der Waals surface area contributed by atoms with E-state index in [9.17, 15) is 4.79 Å². The number of fused-ring (bicyclic) bond motifs is 1. The summed E-state index contributed by atoms with van der Waals surface area (Å²) in [6.45, 7) is 5.22. The average Bonchev–Trinajstić information content (AvgIpc) is 3.13. The summed E-state index contributed by atoms with van der Waals surface area (Å²) in [5.41, 5.74) is 1.89. The maximum atomic E-state index is 13.1. The van der Waals surface area contributed by atoms with Crippen LogP contribution in [-0.4, -0.2) is 67.2 Å². The average molecular weight is 329 g/mol. The van der Waals surface area contributed by atoms with Gasteiger partial charge in [0.05, 0.1) is 12.2 Å². The molecule has 130 valence electrons. The van der Waals surface area contributed by atoms with Crippen molar-refractivity contribution in [2.75, 3.05) is 40.9 Å². The molecule has 1 amide bonds. The minimum atomic E-state index is 0.138. The summed E-state index contributed by atoms with van der Waals surface area (Å²) in [5, 5.41) is 1.03. The number of aromatic nitrogens is 1. The van der Waals surface area contributed by atoms with E-state index in [1.165, 1.54) is 0 Å². The van der Waals surface area contributed by atoms with E-state index in [0.717, 1.165) is 36.1 Å². The lowest BCUT2D eigenvalue weighted by Gasteiger charge is -2.22. The number of carbonyl (C=O) groups is 1. The Bertz CT molecular complexity index is 722. The summed E-state index contributed by atoms with van der Waals surface area (Å²) < 4.78 is 7.32. The van der Waals surface area contributed by atoms with Gasteiger partial charge in [-0.1, -0.05) is 25.1 Å². The van der Waals surface area contributed by atoms with Crippen LogP contribution >= 0.6 is 0 Å². The molecule has 2 heterocycles. The largest absolute Gasteiger partial charge is 0.383 e. The van der Waals surface area contributed by atoms with Crippen LogP contribution in [0.15, 0.2) is 30.5 Å². The normalized spacial score (nSPS) is 21.1. The quantitative estimate of drug-likeness (QED) is 0.845. The maximum Gasteiger partial charge on any atom is 0.256 e. The molecular weight excluding hydrogens is 302 g/mol. The number of hydrogen-bond acceptors (Lipinski definition) is 3. The predicted molar refractivity (Wildman–Crippen MR) is 96.4 cm³/mol. The first-order valence-electron chi connectivity index (χ1n) is 8.55. The van der Waals surface area contributed by atoms with Crippen LogP contribution in [0.4, 0.5) is 0 Å². The SMILES string of the molecule is COCCn1cc(C(=O)N2C[C@H](C)[C@@H](N(C)C)C2)c2ccccc21. The summed E-state index contributed by atoms with van der Waals surface area (Å²) in [6.07, 6.45) is 1.99. The minimum absolute atomic E-state index is 0.138. The number of benzene rings is 1. The molecule has 1 saturated heterocycles. The van der Waals surface area contributed by atoms with Gasteiger partial charge in [-0.25, -0.2) is 0 Å². The van der Waals surface area contributed by atoms with Crippen molar-refractivity contribution in [3.8, 4) is 0 Å². The molecule has 0 spiro atoms. The van der Waals surface area contributed by atoms with Gasteiger partial charge in [0.1, 0.15) is 0 Å². The first kappa shape index (κ1) is 17.0. The molecule has 0 saturated carbocycles. The topological polar surface area (TPSA) is 37.7 Å². The molecule has 1 aromatic heterocycles. The number of amides is 1. The van der Waals surface area contributed by atoms with Crippen molar-refractivity contribution in [2.45, 2.75) is 19.5 Å². The Morgan fingerprint density at radius 2 is 2.04 bits per heavy atom. The number of likely N-dealkylation sites (N-methyl/N-ethyl adjacent to an activating group) is 1. The molecule has 5 heteroatoms. The summed E-state index contributed by atoms with van der Waals surface area (Å²) in [4.78, 5) is 17.3. The Kier molecular flexibility index (Phi) is 4.92. The van der Waals surface area contributed by atoms with Gasteiger partial charge in [-0.15, -0.1) is 0 Å². The van der Waals surface area contributed by atoms with E-state index < -0.39 is 0 Å². The molecule has 0 bridgehead atoms. The van der Waals surface area contributed by atoms with Crippen molar-refractivity contribution in [3.63, 3.8) is 0 Å². The van der Waals surface area contributed by atoms with E-state index in [2.05, 4.69) is 36.6 Å². The summed E-state index contributed by atoms with van der Waals surface area (Å²) in [7, 11) is 5.88. The van der Waals surface area contributed by atoms with E-state index in [0.29, 0.717) is 18.6 Å². The third kappa shape index (κ3) is 3.06. The molecule has 1 aromatic carbocycles. The molecule has 0 unspecified atom stereocenters. The molecule has 1 aliphatic heterocycles. The fourth-order valence-electron chi connectivity index (χ4n) is 3.75.